The molecule has 4 heteroatoms. The zero-order valence-corrected chi connectivity index (χ0v) is 17.3. The standard InChI is InChI=1S/C24H32FNO2/c1-4-23(2)18-24(14-16-28-23,21-7-5-6-8-22(21)27-3)13-15-26-17-19-9-11-20(25)12-10-19/h5-12,26H,4,13-18H2,1-3H3. The van der Waals surface area contributed by atoms with Gasteiger partial charge in [-0.3, -0.25) is 0 Å². The molecule has 2 atom stereocenters. The Labute approximate surface area is 168 Å². The van der Waals surface area contributed by atoms with Gasteiger partial charge < -0.3 is 14.8 Å². The summed E-state index contributed by atoms with van der Waals surface area (Å²) in [5.41, 5.74) is 2.28. The molecule has 1 fully saturated rings. The summed E-state index contributed by atoms with van der Waals surface area (Å²) in [4.78, 5) is 0. The summed E-state index contributed by atoms with van der Waals surface area (Å²) in [7, 11) is 1.75. The molecule has 1 heterocycles. The van der Waals surface area contributed by atoms with Gasteiger partial charge in [-0.2, -0.15) is 0 Å². The number of ether oxygens (including phenoxy) is 2. The third-order valence-corrected chi connectivity index (χ3v) is 6.19. The maximum absolute atomic E-state index is 13.1. The average Bonchev–Trinajstić information content (AvgIpc) is 2.72. The van der Waals surface area contributed by atoms with Crippen LogP contribution in [0.15, 0.2) is 48.5 Å². The number of hydrogen-bond donors (Lipinski definition) is 1. The van der Waals surface area contributed by atoms with E-state index < -0.39 is 0 Å². The van der Waals surface area contributed by atoms with Crippen molar-refractivity contribution in [2.75, 3.05) is 20.3 Å². The van der Waals surface area contributed by atoms with Crippen LogP contribution in [0, 0.1) is 5.82 Å². The lowest BCUT2D eigenvalue weighted by atomic mass is 9.66. The van der Waals surface area contributed by atoms with Crippen LogP contribution < -0.4 is 10.1 Å². The molecule has 0 bridgehead atoms. The van der Waals surface area contributed by atoms with Crippen LogP contribution >= 0.6 is 0 Å². The van der Waals surface area contributed by atoms with Crippen molar-refractivity contribution in [3.63, 3.8) is 0 Å². The zero-order valence-electron chi connectivity index (χ0n) is 17.3. The summed E-state index contributed by atoms with van der Waals surface area (Å²) in [6.07, 6.45) is 3.97. The van der Waals surface area contributed by atoms with Crippen LogP contribution in [-0.4, -0.2) is 25.9 Å². The Balaban J connectivity index is 1.76. The first kappa shape index (κ1) is 20.8. The SMILES string of the molecule is CCC1(C)CC(CCNCc2ccc(F)cc2)(c2ccccc2OC)CCO1. The zero-order chi connectivity index (χ0) is 20.0. The summed E-state index contributed by atoms with van der Waals surface area (Å²) in [6, 6.07) is 15.1. The molecular weight excluding hydrogens is 353 g/mol. The van der Waals surface area contributed by atoms with Crippen LogP contribution in [0.3, 0.4) is 0 Å². The minimum absolute atomic E-state index is 0.0193. The third kappa shape index (κ3) is 4.73. The van der Waals surface area contributed by atoms with Crippen molar-refractivity contribution in [2.45, 2.75) is 57.1 Å². The molecule has 1 aliphatic rings. The smallest absolute Gasteiger partial charge is 0.123 e. The first-order valence-corrected chi connectivity index (χ1v) is 10.2. The topological polar surface area (TPSA) is 30.5 Å². The van der Waals surface area contributed by atoms with Gasteiger partial charge in [0.1, 0.15) is 11.6 Å². The second kappa shape index (κ2) is 9.06. The molecule has 1 saturated heterocycles. The van der Waals surface area contributed by atoms with Gasteiger partial charge in [0, 0.05) is 24.1 Å². The van der Waals surface area contributed by atoms with Crippen LogP contribution in [0.4, 0.5) is 4.39 Å². The highest BCUT2D eigenvalue weighted by Crippen LogP contribution is 2.47. The van der Waals surface area contributed by atoms with E-state index in [1.165, 1.54) is 17.7 Å². The highest BCUT2D eigenvalue weighted by Gasteiger charge is 2.44. The second-order valence-electron chi connectivity index (χ2n) is 8.11. The lowest BCUT2D eigenvalue weighted by Gasteiger charge is -2.47. The molecule has 0 radical (unpaired) electrons. The summed E-state index contributed by atoms with van der Waals surface area (Å²) in [5, 5.41) is 3.54. The van der Waals surface area contributed by atoms with Gasteiger partial charge in [0.05, 0.1) is 12.7 Å². The maximum atomic E-state index is 13.1. The molecule has 152 valence electrons. The fourth-order valence-corrected chi connectivity index (χ4v) is 4.40. The summed E-state index contributed by atoms with van der Waals surface area (Å²) in [6.45, 7) is 6.81. The summed E-state index contributed by atoms with van der Waals surface area (Å²) in [5.74, 6) is 0.765. The van der Waals surface area contributed by atoms with Crippen LogP contribution in [0.5, 0.6) is 5.75 Å². The summed E-state index contributed by atoms with van der Waals surface area (Å²) < 4.78 is 25.0. The number of hydrogen-bond acceptors (Lipinski definition) is 3. The van der Waals surface area contributed by atoms with Crippen LogP contribution in [0.2, 0.25) is 0 Å². The van der Waals surface area contributed by atoms with E-state index in [1.807, 2.05) is 18.2 Å². The van der Waals surface area contributed by atoms with E-state index in [9.17, 15) is 4.39 Å². The van der Waals surface area contributed by atoms with E-state index in [0.29, 0.717) is 0 Å². The lowest BCUT2D eigenvalue weighted by Crippen LogP contribution is -2.46. The fourth-order valence-electron chi connectivity index (χ4n) is 4.40. The number of rotatable bonds is 8. The molecule has 2 unspecified atom stereocenters. The molecule has 3 nitrogen and oxygen atoms in total. The third-order valence-electron chi connectivity index (χ3n) is 6.19. The first-order chi connectivity index (χ1) is 13.5. The van der Waals surface area contributed by atoms with Crippen LogP contribution in [-0.2, 0) is 16.7 Å². The normalized spacial score (nSPS) is 24.9. The van der Waals surface area contributed by atoms with E-state index in [2.05, 4.69) is 37.4 Å². The minimum atomic E-state index is -0.195. The van der Waals surface area contributed by atoms with Gasteiger partial charge in [-0.25, -0.2) is 4.39 Å². The van der Waals surface area contributed by atoms with Gasteiger partial charge in [0.25, 0.3) is 0 Å². The van der Waals surface area contributed by atoms with E-state index >= 15 is 0 Å². The Bertz CT molecular complexity index is 763. The molecule has 3 rings (SSSR count). The van der Waals surface area contributed by atoms with Crippen molar-refractivity contribution in [3.8, 4) is 5.75 Å². The highest BCUT2D eigenvalue weighted by atomic mass is 19.1. The second-order valence-corrected chi connectivity index (χ2v) is 8.11. The van der Waals surface area contributed by atoms with Gasteiger partial charge in [-0.1, -0.05) is 37.3 Å². The minimum Gasteiger partial charge on any atom is -0.496 e. The average molecular weight is 386 g/mol. The first-order valence-electron chi connectivity index (χ1n) is 10.2. The van der Waals surface area contributed by atoms with Gasteiger partial charge in [-0.15, -0.1) is 0 Å². The molecule has 1 aliphatic heterocycles. The van der Waals surface area contributed by atoms with Crippen molar-refractivity contribution < 1.29 is 13.9 Å². The van der Waals surface area contributed by atoms with Crippen LogP contribution in [0.1, 0.15) is 50.7 Å². The molecule has 0 aliphatic carbocycles. The quantitative estimate of drug-likeness (QED) is 0.631. The van der Waals surface area contributed by atoms with Gasteiger partial charge in [0.2, 0.25) is 0 Å². The van der Waals surface area contributed by atoms with Crippen LogP contribution in [0.25, 0.3) is 0 Å². The predicted octanol–water partition coefficient (Wildman–Crippen LogP) is 5.23. The number of methoxy groups -OCH3 is 1. The van der Waals surface area contributed by atoms with E-state index in [0.717, 1.165) is 56.7 Å². The molecule has 2 aromatic rings. The number of nitrogens with one attached hydrogen (secondary N) is 1. The Hall–Kier alpha value is -1.91. The fraction of sp³-hybridized carbons (Fsp3) is 0.500. The molecule has 0 spiro atoms. The molecule has 28 heavy (non-hydrogen) atoms. The number of halogens is 1. The molecule has 0 saturated carbocycles. The van der Waals surface area contributed by atoms with Crippen molar-refractivity contribution in [1.82, 2.24) is 5.32 Å². The van der Waals surface area contributed by atoms with E-state index in [1.54, 1.807) is 7.11 Å². The maximum Gasteiger partial charge on any atom is 0.123 e. The van der Waals surface area contributed by atoms with E-state index in [4.69, 9.17) is 9.47 Å². The Kier molecular flexibility index (Phi) is 6.73. The lowest BCUT2D eigenvalue weighted by molar-refractivity contribution is -0.0982. The molecule has 0 aromatic heterocycles. The van der Waals surface area contributed by atoms with Crippen molar-refractivity contribution in [1.29, 1.82) is 0 Å². The number of benzene rings is 2. The number of para-hydroxylation sites is 1. The highest BCUT2D eigenvalue weighted by molar-refractivity contribution is 5.40. The Morgan fingerprint density at radius 1 is 1.14 bits per heavy atom. The van der Waals surface area contributed by atoms with Gasteiger partial charge in [0.15, 0.2) is 0 Å². The van der Waals surface area contributed by atoms with Crippen molar-refractivity contribution >= 4 is 0 Å². The van der Waals surface area contributed by atoms with Crippen molar-refractivity contribution in [3.05, 3.63) is 65.5 Å². The van der Waals surface area contributed by atoms with Gasteiger partial charge in [-0.05, 0) is 62.9 Å². The monoisotopic (exact) mass is 385 g/mol. The molecule has 1 N–H and O–H groups in total. The Morgan fingerprint density at radius 2 is 1.89 bits per heavy atom. The van der Waals surface area contributed by atoms with E-state index in [-0.39, 0.29) is 16.8 Å². The molecule has 2 aromatic carbocycles. The Morgan fingerprint density at radius 3 is 2.61 bits per heavy atom. The molecular formula is C24H32FNO2. The van der Waals surface area contributed by atoms with Gasteiger partial charge >= 0.3 is 0 Å². The largest absolute Gasteiger partial charge is 0.496 e. The van der Waals surface area contributed by atoms with Crippen molar-refractivity contribution in [2.24, 2.45) is 0 Å². The predicted molar refractivity (Wildman–Crippen MR) is 111 cm³/mol. The molecule has 0 amide bonds. The summed E-state index contributed by atoms with van der Waals surface area (Å²) >= 11 is 0.